The molecule has 0 aliphatic heterocycles. The summed E-state index contributed by atoms with van der Waals surface area (Å²) in [5.74, 6) is 0.122. The molecule has 0 radical (unpaired) electrons. The Morgan fingerprint density at radius 1 is 1.38 bits per heavy atom. The second-order valence-corrected chi connectivity index (χ2v) is 4.88. The number of aromatic nitrogens is 2. The summed E-state index contributed by atoms with van der Waals surface area (Å²) in [5, 5.41) is 13.8. The number of hydrogen-bond donors (Lipinski definition) is 2. The number of aryl methyl sites for hydroxylation is 1. The molecular formula is C14H17N5O2. The Labute approximate surface area is 122 Å². The fourth-order valence-corrected chi connectivity index (χ4v) is 2.11. The van der Waals surface area contributed by atoms with Crippen LogP contribution in [0.5, 0.6) is 0 Å². The molecule has 1 unspecified atom stereocenters. The average Bonchev–Trinajstić information content (AvgIpc) is 2.41. The second-order valence-electron chi connectivity index (χ2n) is 4.88. The molecule has 0 aliphatic rings. The van der Waals surface area contributed by atoms with Crippen LogP contribution in [0.2, 0.25) is 0 Å². The van der Waals surface area contributed by atoms with E-state index < -0.39 is 4.92 Å². The van der Waals surface area contributed by atoms with E-state index in [4.69, 9.17) is 5.73 Å². The van der Waals surface area contributed by atoms with Gasteiger partial charge in [0.25, 0.3) is 0 Å². The molecule has 0 fully saturated rings. The first-order valence-electron chi connectivity index (χ1n) is 6.49. The quantitative estimate of drug-likeness (QED) is 0.661. The maximum absolute atomic E-state index is 10.7. The third kappa shape index (κ3) is 3.07. The molecular weight excluding hydrogens is 270 g/mol. The van der Waals surface area contributed by atoms with E-state index in [1.165, 1.54) is 11.1 Å². The molecule has 2 aromatic rings. The topological polar surface area (TPSA) is 107 Å². The van der Waals surface area contributed by atoms with Crippen LogP contribution in [0.15, 0.2) is 24.4 Å². The molecule has 2 rings (SSSR count). The third-order valence-electron chi connectivity index (χ3n) is 3.45. The summed E-state index contributed by atoms with van der Waals surface area (Å²) < 4.78 is 0. The minimum Gasteiger partial charge on any atom is -0.378 e. The SMILES string of the molecule is Cc1cccc(C(C)Nc2ncc([N+](=O)[O-])c(N)n2)c1C. The highest BCUT2D eigenvalue weighted by atomic mass is 16.6. The van der Waals surface area contributed by atoms with E-state index in [2.05, 4.69) is 15.3 Å². The summed E-state index contributed by atoms with van der Waals surface area (Å²) in [7, 11) is 0. The number of nitrogens with one attached hydrogen (secondary N) is 1. The van der Waals surface area contributed by atoms with Gasteiger partial charge < -0.3 is 11.1 Å². The Hall–Kier alpha value is -2.70. The lowest BCUT2D eigenvalue weighted by Crippen LogP contribution is -2.12. The van der Waals surface area contributed by atoms with Crippen LogP contribution in [0.4, 0.5) is 17.5 Å². The lowest BCUT2D eigenvalue weighted by atomic mass is 9.98. The zero-order chi connectivity index (χ0) is 15.6. The fourth-order valence-electron chi connectivity index (χ4n) is 2.11. The molecule has 7 heteroatoms. The highest BCUT2D eigenvalue weighted by Gasteiger charge is 2.16. The molecule has 110 valence electrons. The zero-order valence-electron chi connectivity index (χ0n) is 12.1. The van der Waals surface area contributed by atoms with Gasteiger partial charge in [0.05, 0.1) is 11.0 Å². The first-order valence-corrected chi connectivity index (χ1v) is 6.49. The van der Waals surface area contributed by atoms with Crippen molar-refractivity contribution < 1.29 is 4.92 Å². The summed E-state index contributed by atoms with van der Waals surface area (Å²) in [6.07, 6.45) is 1.11. The number of nitrogens with two attached hydrogens (primary N) is 1. The van der Waals surface area contributed by atoms with Crippen LogP contribution >= 0.6 is 0 Å². The maximum Gasteiger partial charge on any atom is 0.329 e. The van der Waals surface area contributed by atoms with Crippen molar-refractivity contribution >= 4 is 17.5 Å². The van der Waals surface area contributed by atoms with Crippen molar-refractivity contribution in [1.82, 2.24) is 9.97 Å². The average molecular weight is 287 g/mol. The van der Waals surface area contributed by atoms with Crippen molar-refractivity contribution in [2.24, 2.45) is 0 Å². The zero-order valence-corrected chi connectivity index (χ0v) is 12.1. The predicted molar refractivity (Wildman–Crippen MR) is 81.1 cm³/mol. The highest BCUT2D eigenvalue weighted by Crippen LogP contribution is 2.24. The number of nitrogen functional groups attached to an aromatic ring is 1. The Balaban J connectivity index is 2.24. The molecule has 1 heterocycles. The Kier molecular flexibility index (Phi) is 4.02. The molecule has 0 saturated carbocycles. The van der Waals surface area contributed by atoms with Crippen LogP contribution in [-0.4, -0.2) is 14.9 Å². The van der Waals surface area contributed by atoms with Gasteiger partial charge in [-0.1, -0.05) is 18.2 Å². The van der Waals surface area contributed by atoms with Gasteiger partial charge in [-0.25, -0.2) is 4.98 Å². The molecule has 7 nitrogen and oxygen atoms in total. The normalized spacial score (nSPS) is 12.0. The van der Waals surface area contributed by atoms with Gasteiger partial charge in [0.15, 0.2) is 0 Å². The van der Waals surface area contributed by atoms with Gasteiger partial charge in [0, 0.05) is 0 Å². The number of anilines is 2. The number of nitrogens with zero attached hydrogens (tertiary/aromatic N) is 3. The fraction of sp³-hybridized carbons (Fsp3) is 0.286. The van der Waals surface area contributed by atoms with Crippen molar-refractivity contribution in [3.8, 4) is 0 Å². The minimum atomic E-state index is -0.604. The smallest absolute Gasteiger partial charge is 0.329 e. The Bertz CT molecular complexity index is 687. The van der Waals surface area contributed by atoms with Gasteiger partial charge in [-0.15, -0.1) is 0 Å². The molecule has 3 N–H and O–H groups in total. The molecule has 0 bridgehead atoms. The number of rotatable bonds is 4. The Morgan fingerprint density at radius 3 is 2.71 bits per heavy atom. The van der Waals surface area contributed by atoms with Crippen LogP contribution < -0.4 is 11.1 Å². The summed E-state index contributed by atoms with van der Waals surface area (Å²) in [5.41, 5.74) is 8.77. The molecule has 21 heavy (non-hydrogen) atoms. The molecule has 1 aromatic carbocycles. The van der Waals surface area contributed by atoms with Crippen LogP contribution in [0.1, 0.15) is 29.7 Å². The van der Waals surface area contributed by atoms with Crippen molar-refractivity contribution in [3.63, 3.8) is 0 Å². The molecule has 0 spiro atoms. The lowest BCUT2D eigenvalue weighted by molar-refractivity contribution is -0.384. The summed E-state index contributed by atoms with van der Waals surface area (Å²) in [4.78, 5) is 17.9. The molecule has 1 atom stereocenters. The number of benzene rings is 1. The third-order valence-corrected chi connectivity index (χ3v) is 3.45. The predicted octanol–water partition coefficient (Wildman–Crippen LogP) is 2.76. The van der Waals surface area contributed by atoms with E-state index in [1.54, 1.807) is 0 Å². The van der Waals surface area contributed by atoms with Gasteiger partial charge in [-0.3, -0.25) is 10.1 Å². The lowest BCUT2D eigenvalue weighted by Gasteiger charge is -2.17. The van der Waals surface area contributed by atoms with Crippen LogP contribution in [0, 0.1) is 24.0 Å². The second kappa shape index (κ2) is 5.74. The van der Waals surface area contributed by atoms with Gasteiger partial charge in [-0.2, -0.15) is 4.98 Å². The van der Waals surface area contributed by atoms with E-state index >= 15 is 0 Å². The first kappa shape index (κ1) is 14.7. The molecule has 0 amide bonds. The summed E-state index contributed by atoms with van der Waals surface area (Å²) in [6.45, 7) is 6.07. The van der Waals surface area contributed by atoms with Crippen molar-refractivity contribution in [2.45, 2.75) is 26.8 Å². The van der Waals surface area contributed by atoms with E-state index in [0.29, 0.717) is 0 Å². The molecule has 0 saturated heterocycles. The van der Waals surface area contributed by atoms with Crippen molar-refractivity contribution in [1.29, 1.82) is 0 Å². The minimum absolute atomic E-state index is 0.0363. The van der Waals surface area contributed by atoms with E-state index in [9.17, 15) is 10.1 Å². The highest BCUT2D eigenvalue weighted by molar-refractivity contribution is 5.53. The summed E-state index contributed by atoms with van der Waals surface area (Å²) in [6, 6.07) is 6.02. The van der Waals surface area contributed by atoms with Crippen LogP contribution in [-0.2, 0) is 0 Å². The largest absolute Gasteiger partial charge is 0.378 e. The standard InChI is InChI=1S/C14H17N5O2/c1-8-5-4-6-11(9(8)2)10(3)17-14-16-7-12(19(20)21)13(15)18-14/h4-7,10H,1-3H3,(H3,15,16,17,18). The van der Waals surface area contributed by atoms with Gasteiger partial charge >= 0.3 is 5.69 Å². The van der Waals surface area contributed by atoms with Crippen molar-refractivity contribution in [3.05, 3.63) is 51.2 Å². The van der Waals surface area contributed by atoms with E-state index in [-0.39, 0.29) is 23.5 Å². The molecule has 0 aliphatic carbocycles. The van der Waals surface area contributed by atoms with Gasteiger partial charge in [-0.05, 0) is 37.5 Å². The maximum atomic E-state index is 10.7. The Morgan fingerprint density at radius 2 is 2.10 bits per heavy atom. The van der Waals surface area contributed by atoms with Gasteiger partial charge in [0.2, 0.25) is 11.8 Å². The van der Waals surface area contributed by atoms with E-state index in [0.717, 1.165) is 11.8 Å². The van der Waals surface area contributed by atoms with Gasteiger partial charge in [0.1, 0.15) is 6.20 Å². The number of nitro groups is 1. The number of hydrogen-bond acceptors (Lipinski definition) is 6. The summed E-state index contributed by atoms with van der Waals surface area (Å²) >= 11 is 0. The van der Waals surface area contributed by atoms with Crippen molar-refractivity contribution in [2.75, 3.05) is 11.1 Å². The van der Waals surface area contributed by atoms with E-state index in [1.807, 2.05) is 39.0 Å². The first-order chi connectivity index (χ1) is 9.90. The van der Waals surface area contributed by atoms with Crippen LogP contribution in [0.25, 0.3) is 0 Å². The van der Waals surface area contributed by atoms with Crippen LogP contribution in [0.3, 0.4) is 0 Å². The monoisotopic (exact) mass is 287 g/mol. The molecule has 1 aromatic heterocycles.